The molecule has 1 aliphatic heterocycles. The Morgan fingerprint density at radius 3 is 2.95 bits per heavy atom. The molecule has 0 saturated heterocycles. The number of hydrogen-bond donors (Lipinski definition) is 2. The summed E-state index contributed by atoms with van der Waals surface area (Å²) in [7, 11) is 0. The van der Waals surface area contributed by atoms with Crippen molar-refractivity contribution in [1.29, 1.82) is 0 Å². The van der Waals surface area contributed by atoms with Crippen LogP contribution in [0.15, 0.2) is 35.4 Å². The summed E-state index contributed by atoms with van der Waals surface area (Å²) >= 11 is 0. The van der Waals surface area contributed by atoms with Gasteiger partial charge in [-0.05, 0) is 23.3 Å². The molecule has 0 bridgehead atoms. The summed E-state index contributed by atoms with van der Waals surface area (Å²) < 4.78 is 41.2. The molecule has 5 nitrogen and oxygen atoms in total. The topological polar surface area (TPSA) is 62.7 Å². The first-order valence-corrected chi connectivity index (χ1v) is 6.46. The Hall–Kier alpha value is -2.51. The lowest BCUT2D eigenvalue weighted by Gasteiger charge is -2.11. The van der Waals surface area contributed by atoms with E-state index in [2.05, 4.69) is 15.8 Å². The fourth-order valence-corrected chi connectivity index (χ4v) is 1.89. The van der Waals surface area contributed by atoms with Gasteiger partial charge in [-0.2, -0.15) is 18.3 Å². The molecule has 118 valence electrons. The van der Waals surface area contributed by atoms with Gasteiger partial charge in [-0.3, -0.25) is 4.79 Å². The Bertz CT molecular complexity index is 597. The first-order valence-electron chi connectivity index (χ1n) is 6.46. The second-order valence-corrected chi connectivity index (χ2v) is 4.52. The molecule has 1 aliphatic rings. The maximum atomic E-state index is 12.2. The molecule has 1 amide bonds. The number of carbonyl (C=O) groups is 1. The van der Waals surface area contributed by atoms with Crippen molar-refractivity contribution < 1.29 is 22.7 Å². The van der Waals surface area contributed by atoms with Crippen molar-refractivity contribution >= 4 is 17.8 Å². The fraction of sp³-hybridized carbons (Fsp3) is 0.286. The van der Waals surface area contributed by atoms with Gasteiger partial charge in [0.25, 0.3) is 0 Å². The number of nitrogens with zero attached hydrogens (tertiary/aromatic N) is 1. The number of ether oxygens (including phenoxy) is 1. The largest absolute Gasteiger partial charge is 0.484 e. The van der Waals surface area contributed by atoms with E-state index in [0.29, 0.717) is 25.2 Å². The van der Waals surface area contributed by atoms with Gasteiger partial charge >= 0.3 is 6.18 Å². The van der Waals surface area contributed by atoms with E-state index >= 15 is 0 Å². The highest BCUT2D eigenvalue weighted by Crippen LogP contribution is 2.23. The Kier molecular flexibility index (Phi) is 5.03. The second kappa shape index (κ2) is 6.97. The van der Waals surface area contributed by atoms with Crippen LogP contribution in [0.1, 0.15) is 12.0 Å². The molecule has 2 rings (SSSR count). The molecule has 0 spiro atoms. The van der Waals surface area contributed by atoms with E-state index in [4.69, 9.17) is 4.74 Å². The molecule has 0 aromatic heterocycles. The molecule has 1 aromatic rings. The minimum Gasteiger partial charge on any atom is -0.484 e. The number of rotatable bonds is 4. The number of carbonyl (C=O) groups excluding carboxylic acids is 1. The molecule has 2 N–H and O–H groups in total. The number of hydrogen-bond acceptors (Lipinski definition) is 4. The van der Waals surface area contributed by atoms with Gasteiger partial charge < -0.3 is 15.5 Å². The quantitative estimate of drug-likeness (QED) is 0.837. The van der Waals surface area contributed by atoms with E-state index in [1.807, 2.05) is 6.08 Å². The third-order valence-corrected chi connectivity index (χ3v) is 2.86. The molecule has 0 saturated carbocycles. The standard InChI is InChI=1S/C14H14F3N3O2/c15-14(16,17)8-22-12-3-1-2-10(6-12)11-4-5-13(18-9-21)20-19-7-11/h1-4,6,9,19H,5,7-8H2,(H,18,20,21). The van der Waals surface area contributed by atoms with E-state index in [1.165, 1.54) is 12.1 Å². The lowest BCUT2D eigenvalue weighted by molar-refractivity contribution is -0.153. The van der Waals surface area contributed by atoms with Crippen LogP contribution in [0.4, 0.5) is 13.2 Å². The molecular weight excluding hydrogens is 299 g/mol. The third kappa shape index (κ3) is 4.80. The normalized spacial score (nSPS) is 15.0. The highest BCUT2D eigenvalue weighted by Gasteiger charge is 2.28. The SMILES string of the molecule is O=CNC1=NNCC(c2cccc(OCC(F)(F)F)c2)=CC1. The van der Waals surface area contributed by atoms with Crippen LogP contribution < -0.4 is 15.5 Å². The summed E-state index contributed by atoms with van der Waals surface area (Å²) in [6.45, 7) is -0.934. The summed E-state index contributed by atoms with van der Waals surface area (Å²) in [6, 6.07) is 6.40. The predicted molar refractivity (Wildman–Crippen MR) is 75.2 cm³/mol. The number of alkyl halides is 3. The average Bonchev–Trinajstić information content (AvgIpc) is 2.71. The molecule has 1 heterocycles. The summed E-state index contributed by atoms with van der Waals surface area (Å²) in [4.78, 5) is 10.4. The minimum absolute atomic E-state index is 0.145. The van der Waals surface area contributed by atoms with E-state index in [9.17, 15) is 18.0 Å². The molecule has 0 atom stereocenters. The van der Waals surface area contributed by atoms with E-state index in [1.54, 1.807) is 12.1 Å². The van der Waals surface area contributed by atoms with Crippen LogP contribution >= 0.6 is 0 Å². The average molecular weight is 313 g/mol. The van der Waals surface area contributed by atoms with Crippen LogP contribution in [0.3, 0.4) is 0 Å². The lowest BCUT2D eigenvalue weighted by Crippen LogP contribution is -2.22. The monoisotopic (exact) mass is 313 g/mol. The van der Waals surface area contributed by atoms with Crippen molar-refractivity contribution in [2.75, 3.05) is 13.2 Å². The number of nitrogens with one attached hydrogen (secondary N) is 2. The van der Waals surface area contributed by atoms with Crippen LogP contribution in [0.25, 0.3) is 5.57 Å². The number of halogens is 3. The maximum absolute atomic E-state index is 12.2. The van der Waals surface area contributed by atoms with Crippen molar-refractivity contribution in [3.8, 4) is 5.75 Å². The number of amidine groups is 1. The fourth-order valence-electron chi connectivity index (χ4n) is 1.89. The molecular formula is C14H14F3N3O2. The maximum Gasteiger partial charge on any atom is 0.422 e. The zero-order valence-corrected chi connectivity index (χ0v) is 11.5. The number of amides is 1. The number of benzene rings is 1. The van der Waals surface area contributed by atoms with Gasteiger partial charge in [0.05, 0.1) is 6.54 Å². The first kappa shape index (κ1) is 15.9. The van der Waals surface area contributed by atoms with E-state index in [0.717, 1.165) is 11.1 Å². The van der Waals surface area contributed by atoms with Crippen LogP contribution in [0.2, 0.25) is 0 Å². The van der Waals surface area contributed by atoms with Gasteiger partial charge in [0.2, 0.25) is 6.41 Å². The van der Waals surface area contributed by atoms with Crippen molar-refractivity contribution in [3.63, 3.8) is 0 Å². The van der Waals surface area contributed by atoms with Crippen molar-refractivity contribution in [2.24, 2.45) is 5.10 Å². The highest BCUT2D eigenvalue weighted by molar-refractivity contribution is 5.92. The van der Waals surface area contributed by atoms with Gasteiger partial charge in [0.15, 0.2) is 6.61 Å². The summed E-state index contributed by atoms with van der Waals surface area (Å²) in [5.74, 6) is 0.613. The summed E-state index contributed by atoms with van der Waals surface area (Å²) in [5.41, 5.74) is 4.37. The summed E-state index contributed by atoms with van der Waals surface area (Å²) in [6.07, 6.45) is -1.58. The first-order chi connectivity index (χ1) is 10.5. The Balaban J connectivity index is 2.08. The van der Waals surface area contributed by atoms with E-state index in [-0.39, 0.29) is 5.75 Å². The smallest absolute Gasteiger partial charge is 0.422 e. The van der Waals surface area contributed by atoms with Crippen molar-refractivity contribution in [3.05, 3.63) is 35.9 Å². The van der Waals surface area contributed by atoms with Gasteiger partial charge in [0.1, 0.15) is 11.6 Å². The molecule has 8 heteroatoms. The van der Waals surface area contributed by atoms with Gasteiger partial charge in [-0.15, -0.1) is 0 Å². The number of hydrazone groups is 1. The van der Waals surface area contributed by atoms with Crippen LogP contribution in [-0.4, -0.2) is 31.6 Å². The Morgan fingerprint density at radius 1 is 1.41 bits per heavy atom. The van der Waals surface area contributed by atoms with Crippen molar-refractivity contribution in [1.82, 2.24) is 10.7 Å². The lowest BCUT2D eigenvalue weighted by atomic mass is 10.0. The Labute approximate surface area is 124 Å². The molecule has 1 aromatic carbocycles. The molecule has 0 fully saturated rings. The zero-order chi connectivity index (χ0) is 16.0. The molecule has 0 aliphatic carbocycles. The van der Waals surface area contributed by atoms with E-state index < -0.39 is 12.8 Å². The third-order valence-electron chi connectivity index (χ3n) is 2.86. The highest BCUT2D eigenvalue weighted by atomic mass is 19.4. The predicted octanol–water partition coefficient (Wildman–Crippen LogP) is 2.06. The zero-order valence-electron chi connectivity index (χ0n) is 11.5. The minimum atomic E-state index is -4.37. The molecule has 0 unspecified atom stereocenters. The Morgan fingerprint density at radius 2 is 2.23 bits per heavy atom. The van der Waals surface area contributed by atoms with Gasteiger partial charge in [0, 0.05) is 6.42 Å². The van der Waals surface area contributed by atoms with Crippen LogP contribution in [-0.2, 0) is 4.79 Å². The van der Waals surface area contributed by atoms with Crippen molar-refractivity contribution in [2.45, 2.75) is 12.6 Å². The van der Waals surface area contributed by atoms with Crippen LogP contribution in [0.5, 0.6) is 5.75 Å². The molecule has 22 heavy (non-hydrogen) atoms. The summed E-state index contributed by atoms with van der Waals surface area (Å²) in [5, 5.41) is 6.43. The van der Waals surface area contributed by atoms with Gasteiger partial charge in [-0.1, -0.05) is 18.2 Å². The molecule has 0 radical (unpaired) electrons. The van der Waals surface area contributed by atoms with Crippen LogP contribution in [0, 0.1) is 0 Å². The second-order valence-electron chi connectivity index (χ2n) is 4.52. The van der Waals surface area contributed by atoms with Gasteiger partial charge in [-0.25, -0.2) is 0 Å².